The fraction of sp³-hybridized carbons (Fsp3) is 0.400. The van der Waals surface area contributed by atoms with Crippen molar-refractivity contribution in [2.24, 2.45) is 0 Å². The summed E-state index contributed by atoms with van der Waals surface area (Å²) in [5.74, 6) is 0. The van der Waals surface area contributed by atoms with E-state index in [9.17, 15) is 15.3 Å². The fourth-order valence-electron chi connectivity index (χ4n) is 6.63. The summed E-state index contributed by atoms with van der Waals surface area (Å²) in [6.07, 6.45) is -5.68. The number of β-amino-alcohol motifs (C(OH)–C–C–N with tert-alkyl or cyclic N) is 2. The number of likely N-dealkylation sites (tertiary alicyclic amines) is 1. The number of ether oxygens (including phenoxy) is 5. The van der Waals surface area contributed by atoms with E-state index in [1.807, 2.05) is 126 Å². The van der Waals surface area contributed by atoms with Gasteiger partial charge >= 0.3 is 0 Å². The van der Waals surface area contributed by atoms with Gasteiger partial charge in [0.25, 0.3) is 0 Å². The minimum absolute atomic E-state index is 0.215. The summed E-state index contributed by atoms with van der Waals surface area (Å²) >= 11 is 0. The Balaban J connectivity index is 1.19. The highest BCUT2D eigenvalue weighted by atomic mass is 16.6. The van der Waals surface area contributed by atoms with Crippen molar-refractivity contribution >= 4 is 0 Å². The van der Waals surface area contributed by atoms with Crippen molar-refractivity contribution in [1.82, 2.24) is 4.90 Å². The van der Waals surface area contributed by atoms with Crippen LogP contribution >= 0.6 is 0 Å². The molecule has 260 valence electrons. The zero-order valence-corrected chi connectivity index (χ0v) is 27.7. The molecule has 2 aliphatic heterocycles. The molecule has 9 heteroatoms. The molecular formula is C40H47NO8. The second-order valence-electron chi connectivity index (χ2n) is 12.8. The van der Waals surface area contributed by atoms with Crippen LogP contribution in [-0.2, 0) is 50.1 Å². The quantitative estimate of drug-likeness (QED) is 0.172. The summed E-state index contributed by atoms with van der Waals surface area (Å²) in [4.78, 5) is 1.97. The molecule has 2 aliphatic rings. The van der Waals surface area contributed by atoms with E-state index >= 15 is 0 Å². The summed E-state index contributed by atoms with van der Waals surface area (Å²) < 4.78 is 32.0. The van der Waals surface area contributed by atoms with E-state index in [0.29, 0.717) is 19.8 Å². The van der Waals surface area contributed by atoms with Crippen molar-refractivity contribution < 1.29 is 39.0 Å². The Morgan fingerprint density at radius 1 is 0.490 bits per heavy atom. The number of nitrogens with zero attached hydrogens (tertiary/aromatic N) is 1. The van der Waals surface area contributed by atoms with Crippen molar-refractivity contribution in [3.8, 4) is 0 Å². The Hall–Kier alpha value is -3.48. The highest BCUT2D eigenvalue weighted by Crippen LogP contribution is 2.31. The van der Waals surface area contributed by atoms with E-state index in [4.69, 9.17) is 23.7 Å². The number of hydrogen-bond acceptors (Lipinski definition) is 9. The molecule has 0 bridgehead atoms. The first kappa shape index (κ1) is 35.3. The highest BCUT2D eigenvalue weighted by molar-refractivity contribution is 5.16. The first-order chi connectivity index (χ1) is 24.1. The average Bonchev–Trinajstić information content (AvgIpc) is 3.42. The van der Waals surface area contributed by atoms with E-state index in [1.54, 1.807) is 0 Å². The van der Waals surface area contributed by atoms with Crippen molar-refractivity contribution in [3.05, 3.63) is 144 Å². The number of rotatable bonds is 15. The Morgan fingerprint density at radius 3 is 1.16 bits per heavy atom. The van der Waals surface area contributed by atoms with E-state index < -0.39 is 48.8 Å². The van der Waals surface area contributed by atoms with Crippen molar-refractivity contribution in [2.75, 3.05) is 26.2 Å². The third kappa shape index (κ3) is 9.82. The molecular weight excluding hydrogens is 622 g/mol. The molecule has 6 rings (SSSR count). The lowest BCUT2D eigenvalue weighted by Crippen LogP contribution is -2.47. The number of benzene rings is 4. The zero-order chi connectivity index (χ0) is 33.8. The minimum Gasteiger partial charge on any atom is -0.394 e. The van der Waals surface area contributed by atoms with E-state index in [2.05, 4.69) is 0 Å². The lowest BCUT2D eigenvalue weighted by molar-refractivity contribution is -0.155. The second kappa shape index (κ2) is 18.0. The molecule has 4 aromatic carbocycles. The Kier molecular flexibility index (Phi) is 13.0. The van der Waals surface area contributed by atoms with Gasteiger partial charge in [0.05, 0.1) is 51.3 Å². The van der Waals surface area contributed by atoms with Gasteiger partial charge in [0.15, 0.2) is 0 Å². The molecule has 2 saturated heterocycles. The summed E-state index contributed by atoms with van der Waals surface area (Å²) in [6.45, 7) is 1.72. The van der Waals surface area contributed by atoms with Crippen LogP contribution in [0, 0.1) is 0 Å². The van der Waals surface area contributed by atoms with Crippen molar-refractivity contribution in [2.45, 2.75) is 75.3 Å². The van der Waals surface area contributed by atoms with E-state index in [1.165, 1.54) is 0 Å². The lowest BCUT2D eigenvalue weighted by atomic mass is 10.0. The molecule has 8 atom stereocenters. The molecule has 2 heterocycles. The van der Waals surface area contributed by atoms with Crippen LogP contribution in [0.25, 0.3) is 0 Å². The zero-order valence-electron chi connectivity index (χ0n) is 27.7. The maximum absolute atomic E-state index is 11.6. The van der Waals surface area contributed by atoms with Gasteiger partial charge < -0.3 is 39.0 Å². The van der Waals surface area contributed by atoms with Crippen LogP contribution in [-0.4, -0.2) is 95.3 Å². The molecule has 0 unspecified atom stereocenters. The Morgan fingerprint density at radius 2 is 0.816 bits per heavy atom. The molecule has 3 N–H and O–H groups in total. The SMILES string of the molecule is OC[C@@H]1O[C@H](CN2C[C@@H](O)[C@@H](OCc3ccccc3)[C@H](OCc3ccccc3)[C@H](O)C2)[C@@H](OCc2ccccc2)[C@@H]1OCc1ccccc1. The molecule has 0 radical (unpaired) electrons. The molecule has 4 aromatic rings. The van der Waals surface area contributed by atoms with Gasteiger partial charge in [0.2, 0.25) is 0 Å². The van der Waals surface area contributed by atoms with Gasteiger partial charge in [0.1, 0.15) is 30.5 Å². The summed E-state index contributed by atoms with van der Waals surface area (Å²) in [5.41, 5.74) is 3.93. The van der Waals surface area contributed by atoms with Gasteiger partial charge in [-0.1, -0.05) is 121 Å². The van der Waals surface area contributed by atoms with Crippen LogP contribution in [0.4, 0.5) is 0 Å². The van der Waals surface area contributed by atoms with Gasteiger partial charge in [-0.3, -0.25) is 4.90 Å². The van der Waals surface area contributed by atoms with Gasteiger partial charge in [-0.2, -0.15) is 0 Å². The average molecular weight is 670 g/mol. The van der Waals surface area contributed by atoms with Crippen LogP contribution < -0.4 is 0 Å². The van der Waals surface area contributed by atoms with Crippen LogP contribution in [0.3, 0.4) is 0 Å². The smallest absolute Gasteiger partial charge is 0.115 e. The number of hydrogen-bond donors (Lipinski definition) is 3. The topological polar surface area (TPSA) is 110 Å². The maximum atomic E-state index is 11.6. The van der Waals surface area contributed by atoms with Crippen molar-refractivity contribution in [1.29, 1.82) is 0 Å². The molecule has 9 nitrogen and oxygen atoms in total. The molecule has 0 saturated carbocycles. The first-order valence-electron chi connectivity index (χ1n) is 17.0. The molecule has 0 amide bonds. The lowest BCUT2D eigenvalue weighted by Gasteiger charge is -2.31. The molecule has 0 spiro atoms. The summed E-state index contributed by atoms with van der Waals surface area (Å²) in [6, 6.07) is 39.3. The number of aliphatic hydroxyl groups excluding tert-OH is 3. The molecule has 49 heavy (non-hydrogen) atoms. The van der Waals surface area contributed by atoms with Crippen LogP contribution in [0.5, 0.6) is 0 Å². The van der Waals surface area contributed by atoms with E-state index in [0.717, 1.165) is 22.3 Å². The summed E-state index contributed by atoms with van der Waals surface area (Å²) in [5, 5.41) is 33.7. The fourth-order valence-corrected chi connectivity index (χ4v) is 6.63. The Labute approximate surface area is 288 Å². The summed E-state index contributed by atoms with van der Waals surface area (Å²) in [7, 11) is 0. The second-order valence-corrected chi connectivity index (χ2v) is 12.8. The van der Waals surface area contributed by atoms with Gasteiger partial charge in [-0.25, -0.2) is 0 Å². The van der Waals surface area contributed by atoms with Crippen molar-refractivity contribution in [3.63, 3.8) is 0 Å². The standard InChI is InChI=1S/C40H47NO8/c42-24-36-40(48-28-32-19-11-4-12-20-32)39(47-27-31-17-9-3-10-18-31)35(49-36)23-41-21-33(43)37(45-25-29-13-5-1-6-14-29)38(34(44)22-41)46-26-30-15-7-2-8-16-30/h1-20,33-40,42-44H,21-28H2/t33-,34-,35-,36+,37-,38-,39-,40-/m1/s1. The van der Waals surface area contributed by atoms with Gasteiger partial charge in [0, 0.05) is 19.6 Å². The highest BCUT2D eigenvalue weighted by Gasteiger charge is 2.48. The van der Waals surface area contributed by atoms with Crippen LogP contribution in [0.2, 0.25) is 0 Å². The predicted molar refractivity (Wildman–Crippen MR) is 184 cm³/mol. The molecule has 0 aromatic heterocycles. The predicted octanol–water partition coefficient (Wildman–Crippen LogP) is 4.13. The normalized spacial score (nSPS) is 27.6. The van der Waals surface area contributed by atoms with Gasteiger partial charge in [-0.05, 0) is 22.3 Å². The minimum atomic E-state index is -0.967. The third-order valence-electron chi connectivity index (χ3n) is 9.14. The Bertz CT molecular complexity index is 1440. The maximum Gasteiger partial charge on any atom is 0.115 e. The van der Waals surface area contributed by atoms with Gasteiger partial charge in [-0.15, -0.1) is 0 Å². The third-order valence-corrected chi connectivity index (χ3v) is 9.14. The first-order valence-corrected chi connectivity index (χ1v) is 17.0. The molecule has 0 aliphatic carbocycles. The van der Waals surface area contributed by atoms with Crippen LogP contribution in [0.15, 0.2) is 121 Å². The largest absolute Gasteiger partial charge is 0.394 e. The molecule has 2 fully saturated rings. The monoisotopic (exact) mass is 669 g/mol. The van der Waals surface area contributed by atoms with E-state index in [-0.39, 0.29) is 32.9 Å². The number of aliphatic hydroxyl groups is 3. The van der Waals surface area contributed by atoms with Crippen LogP contribution in [0.1, 0.15) is 22.3 Å².